The molecule has 0 fully saturated rings. The Labute approximate surface area is 124 Å². The maximum Gasteiger partial charge on any atom is 0.416 e. The predicted octanol–water partition coefficient (Wildman–Crippen LogP) is 4.81. The summed E-state index contributed by atoms with van der Waals surface area (Å²) >= 11 is 1.37. The van der Waals surface area contributed by atoms with Crippen LogP contribution >= 0.6 is 11.3 Å². The number of ketones is 1. The van der Waals surface area contributed by atoms with Crippen molar-refractivity contribution in [3.63, 3.8) is 0 Å². The van der Waals surface area contributed by atoms with E-state index in [1.807, 2.05) is 5.38 Å². The summed E-state index contributed by atoms with van der Waals surface area (Å²) in [4.78, 5) is 12.4. The fraction of sp³-hybridized carbons (Fsp3) is 0.267. The molecular formula is C15H13F3O2S. The molecule has 2 nitrogen and oxygen atoms in total. The summed E-state index contributed by atoms with van der Waals surface area (Å²) in [7, 11) is 0. The minimum absolute atomic E-state index is 0.0256. The topological polar surface area (TPSA) is 26.3 Å². The molecule has 0 aliphatic heterocycles. The fourth-order valence-corrected chi connectivity index (χ4v) is 2.44. The average molecular weight is 314 g/mol. The molecule has 0 bridgehead atoms. The van der Waals surface area contributed by atoms with E-state index in [9.17, 15) is 18.0 Å². The average Bonchev–Trinajstić information content (AvgIpc) is 2.97. The van der Waals surface area contributed by atoms with E-state index in [0.29, 0.717) is 17.7 Å². The molecule has 0 saturated heterocycles. The Bertz CT molecular complexity index is 591. The summed E-state index contributed by atoms with van der Waals surface area (Å²) in [5, 5.41) is 1.83. The number of halogens is 3. The second-order valence-corrected chi connectivity index (χ2v) is 5.33. The highest BCUT2D eigenvalue weighted by Gasteiger charge is 2.30. The van der Waals surface area contributed by atoms with Crippen LogP contribution in [0.1, 0.15) is 28.1 Å². The van der Waals surface area contributed by atoms with Crippen molar-refractivity contribution in [2.24, 2.45) is 0 Å². The van der Waals surface area contributed by atoms with E-state index < -0.39 is 11.7 Å². The summed E-state index contributed by atoms with van der Waals surface area (Å²) < 4.78 is 42.8. The van der Waals surface area contributed by atoms with Gasteiger partial charge in [-0.2, -0.15) is 13.2 Å². The SMILES string of the molecule is O=C(CCCOc1cccc(C(F)(F)F)c1)c1cccs1. The number of carbonyl (C=O) groups is 1. The normalized spacial score (nSPS) is 11.4. The summed E-state index contributed by atoms with van der Waals surface area (Å²) in [6.45, 7) is 0.207. The molecule has 0 aliphatic rings. The van der Waals surface area contributed by atoms with Crippen molar-refractivity contribution in [2.45, 2.75) is 19.0 Å². The second kappa shape index (κ2) is 6.76. The van der Waals surface area contributed by atoms with E-state index in [4.69, 9.17) is 4.74 Å². The van der Waals surface area contributed by atoms with Crippen molar-refractivity contribution in [1.82, 2.24) is 0 Å². The zero-order chi connectivity index (χ0) is 15.3. The minimum Gasteiger partial charge on any atom is -0.494 e. The zero-order valence-electron chi connectivity index (χ0n) is 11.0. The van der Waals surface area contributed by atoms with Crippen molar-refractivity contribution in [3.8, 4) is 5.75 Å². The molecule has 21 heavy (non-hydrogen) atoms. The van der Waals surface area contributed by atoms with E-state index in [0.717, 1.165) is 12.1 Å². The van der Waals surface area contributed by atoms with E-state index in [2.05, 4.69) is 0 Å². The Morgan fingerprint density at radius 1 is 1.19 bits per heavy atom. The first kappa shape index (κ1) is 15.6. The van der Waals surface area contributed by atoms with Crippen molar-refractivity contribution in [1.29, 1.82) is 0 Å². The summed E-state index contributed by atoms with van der Waals surface area (Å²) in [6.07, 6.45) is -3.60. The second-order valence-electron chi connectivity index (χ2n) is 4.38. The molecule has 2 aromatic rings. The van der Waals surface area contributed by atoms with Gasteiger partial charge in [0, 0.05) is 6.42 Å². The first-order chi connectivity index (χ1) is 9.97. The van der Waals surface area contributed by atoms with Crippen LogP contribution in [0, 0.1) is 0 Å². The number of ether oxygens (including phenoxy) is 1. The molecule has 0 saturated carbocycles. The smallest absolute Gasteiger partial charge is 0.416 e. The van der Waals surface area contributed by atoms with Crippen molar-refractivity contribution < 1.29 is 22.7 Å². The van der Waals surface area contributed by atoms with E-state index >= 15 is 0 Å². The number of thiophene rings is 1. The molecule has 0 radical (unpaired) electrons. The van der Waals surface area contributed by atoms with Crippen molar-refractivity contribution >= 4 is 17.1 Å². The van der Waals surface area contributed by atoms with Crippen LogP contribution in [0.5, 0.6) is 5.75 Å². The largest absolute Gasteiger partial charge is 0.494 e. The molecule has 1 heterocycles. The molecule has 0 amide bonds. The molecule has 112 valence electrons. The Balaban J connectivity index is 1.80. The lowest BCUT2D eigenvalue weighted by Gasteiger charge is -2.10. The molecule has 2 rings (SSSR count). The lowest BCUT2D eigenvalue weighted by atomic mass is 10.2. The van der Waals surface area contributed by atoms with Crippen molar-refractivity contribution in [3.05, 3.63) is 52.2 Å². The third kappa shape index (κ3) is 4.60. The number of hydrogen-bond acceptors (Lipinski definition) is 3. The molecule has 1 aromatic carbocycles. The first-order valence-corrected chi connectivity index (χ1v) is 7.21. The van der Waals surface area contributed by atoms with Crippen LogP contribution in [0.2, 0.25) is 0 Å². The summed E-state index contributed by atoms with van der Waals surface area (Å²) in [6, 6.07) is 8.28. The molecule has 0 unspecified atom stereocenters. The third-order valence-corrected chi connectivity index (χ3v) is 3.69. The lowest BCUT2D eigenvalue weighted by Crippen LogP contribution is -2.06. The first-order valence-electron chi connectivity index (χ1n) is 6.33. The number of benzene rings is 1. The van der Waals surface area contributed by atoms with Crippen LogP contribution in [-0.2, 0) is 6.18 Å². The standard InChI is InChI=1S/C15H13F3O2S/c16-15(17,18)11-4-1-5-12(10-11)20-8-2-6-13(19)14-7-3-9-21-14/h1,3-5,7,9-10H,2,6,8H2. The Kier molecular flexibility index (Phi) is 5.01. The van der Waals surface area contributed by atoms with Gasteiger partial charge >= 0.3 is 6.18 Å². The van der Waals surface area contributed by atoms with Gasteiger partial charge < -0.3 is 4.74 Å². The number of alkyl halides is 3. The van der Waals surface area contributed by atoms with Crippen LogP contribution in [0.15, 0.2) is 41.8 Å². The van der Waals surface area contributed by atoms with Gasteiger partial charge in [-0.1, -0.05) is 12.1 Å². The summed E-state index contributed by atoms with van der Waals surface area (Å²) in [5.41, 5.74) is -0.741. The molecular weight excluding hydrogens is 301 g/mol. The Hall–Kier alpha value is -1.82. The minimum atomic E-state index is -4.38. The molecule has 0 atom stereocenters. The fourth-order valence-electron chi connectivity index (χ4n) is 1.75. The molecule has 6 heteroatoms. The van der Waals surface area contributed by atoms with Gasteiger partial charge in [-0.15, -0.1) is 11.3 Å². The lowest BCUT2D eigenvalue weighted by molar-refractivity contribution is -0.137. The maximum atomic E-state index is 12.5. The van der Waals surface area contributed by atoms with Crippen LogP contribution < -0.4 is 4.74 Å². The predicted molar refractivity (Wildman–Crippen MR) is 74.8 cm³/mol. The van der Waals surface area contributed by atoms with E-state index in [-0.39, 0.29) is 18.1 Å². The monoisotopic (exact) mass is 314 g/mol. The van der Waals surface area contributed by atoms with Gasteiger partial charge in [-0.25, -0.2) is 0 Å². The highest BCUT2D eigenvalue weighted by Crippen LogP contribution is 2.31. The highest BCUT2D eigenvalue weighted by molar-refractivity contribution is 7.12. The molecule has 0 N–H and O–H groups in total. The van der Waals surface area contributed by atoms with E-state index in [1.165, 1.54) is 23.5 Å². The van der Waals surface area contributed by atoms with Gasteiger partial charge in [-0.3, -0.25) is 4.79 Å². The zero-order valence-corrected chi connectivity index (χ0v) is 11.8. The Morgan fingerprint density at radius 2 is 2.00 bits per heavy atom. The number of Topliss-reactive ketones (excluding diaryl/α,β-unsaturated/α-hetero) is 1. The molecule has 0 aliphatic carbocycles. The maximum absolute atomic E-state index is 12.5. The van der Waals surface area contributed by atoms with E-state index in [1.54, 1.807) is 12.1 Å². The van der Waals surface area contributed by atoms with Gasteiger partial charge in [-0.05, 0) is 36.1 Å². The molecule has 1 aromatic heterocycles. The quantitative estimate of drug-likeness (QED) is 0.565. The van der Waals surface area contributed by atoms with Crippen LogP contribution in [0.4, 0.5) is 13.2 Å². The Morgan fingerprint density at radius 3 is 2.67 bits per heavy atom. The van der Waals surface area contributed by atoms with Crippen LogP contribution in [0.25, 0.3) is 0 Å². The van der Waals surface area contributed by atoms with Crippen molar-refractivity contribution in [2.75, 3.05) is 6.61 Å². The van der Waals surface area contributed by atoms with Crippen LogP contribution in [0.3, 0.4) is 0 Å². The van der Waals surface area contributed by atoms with Gasteiger partial charge in [0.2, 0.25) is 0 Å². The van der Waals surface area contributed by atoms with Gasteiger partial charge in [0.05, 0.1) is 17.0 Å². The van der Waals surface area contributed by atoms with Crippen LogP contribution in [-0.4, -0.2) is 12.4 Å². The summed E-state index contributed by atoms with van der Waals surface area (Å²) in [5.74, 6) is 0.186. The van der Waals surface area contributed by atoms with Gasteiger partial charge in [0.15, 0.2) is 5.78 Å². The van der Waals surface area contributed by atoms with Gasteiger partial charge in [0.1, 0.15) is 5.75 Å². The number of carbonyl (C=O) groups excluding carboxylic acids is 1. The van der Waals surface area contributed by atoms with Gasteiger partial charge in [0.25, 0.3) is 0 Å². The molecule has 0 spiro atoms. The number of hydrogen-bond donors (Lipinski definition) is 0. The number of rotatable bonds is 6. The third-order valence-electron chi connectivity index (χ3n) is 2.77. The highest BCUT2D eigenvalue weighted by atomic mass is 32.1.